The molecule has 0 spiro atoms. The zero-order chi connectivity index (χ0) is 18.5. The fourth-order valence-electron chi connectivity index (χ4n) is 1.92. The Morgan fingerprint density at radius 1 is 1.04 bits per heavy atom. The van der Waals surface area contributed by atoms with Crippen LogP contribution in [0.25, 0.3) is 0 Å². The molecule has 0 saturated heterocycles. The molecule has 0 aliphatic carbocycles. The van der Waals surface area contributed by atoms with E-state index in [0.717, 1.165) is 0 Å². The highest BCUT2D eigenvalue weighted by molar-refractivity contribution is 5.84. The Morgan fingerprint density at radius 2 is 1.61 bits per heavy atom. The monoisotopic (exact) mass is 330 g/mol. The molecule has 0 fully saturated rings. The van der Waals surface area contributed by atoms with Crippen molar-refractivity contribution in [3.8, 4) is 0 Å². The predicted molar refractivity (Wildman–Crippen MR) is 86.7 cm³/mol. The number of hydrogen-bond acceptors (Lipinski definition) is 5. The first kappa shape index (κ1) is 19.1. The Labute approximate surface area is 139 Å². The molecule has 0 aliphatic rings. The maximum Gasteiger partial charge on any atom is 0.239 e. The third-order valence-corrected chi connectivity index (χ3v) is 3.24. The summed E-state index contributed by atoms with van der Waals surface area (Å²) in [6.07, 6.45) is -0.305. The number of nitrogens with one attached hydrogen (secondary N) is 2. The van der Waals surface area contributed by atoms with Crippen LogP contribution in [0.2, 0.25) is 0 Å². The molecule has 0 bridgehead atoms. The van der Waals surface area contributed by atoms with Crippen LogP contribution in [0.3, 0.4) is 0 Å². The highest BCUT2D eigenvalue weighted by Gasteiger charge is 2.16. The van der Waals surface area contributed by atoms with E-state index in [1.54, 1.807) is 20.9 Å². The molecule has 23 heavy (non-hydrogen) atoms. The minimum atomic E-state index is -0.852. The Bertz CT molecular complexity index is 445. The molecule has 0 unspecified atom stereocenters. The fourth-order valence-corrected chi connectivity index (χ4v) is 1.92. The number of carbonyl (C=O) groups is 4. The van der Waals surface area contributed by atoms with Crippen molar-refractivity contribution in [2.24, 2.45) is 0 Å². The molecule has 0 aliphatic heterocycles. The molecule has 8 heteroatoms. The Balaban J connectivity index is 4.40. The van der Waals surface area contributed by atoms with Gasteiger partial charge in [-0.25, -0.2) is 0 Å². The van der Waals surface area contributed by atoms with E-state index in [4.69, 9.17) is 1.37 Å². The van der Waals surface area contributed by atoms with Gasteiger partial charge in [0.05, 0.1) is 13.1 Å². The van der Waals surface area contributed by atoms with Crippen LogP contribution in [0.15, 0.2) is 0 Å². The van der Waals surface area contributed by atoms with E-state index in [1.807, 2.05) is 0 Å². The summed E-state index contributed by atoms with van der Waals surface area (Å²) in [4.78, 5) is 49.0. The van der Waals surface area contributed by atoms with Gasteiger partial charge < -0.3 is 25.2 Å². The van der Waals surface area contributed by atoms with E-state index in [1.165, 1.54) is 9.80 Å². The molecule has 0 aromatic carbocycles. The van der Waals surface area contributed by atoms with Crippen molar-refractivity contribution in [2.45, 2.75) is 26.7 Å². The predicted octanol–water partition coefficient (Wildman–Crippen LogP) is -1.00. The molecule has 0 radical (unpaired) electrons. The van der Waals surface area contributed by atoms with Crippen LogP contribution >= 0.6 is 0 Å². The van der Waals surface area contributed by atoms with Crippen molar-refractivity contribution in [3.63, 3.8) is 0 Å². The number of aldehydes is 1. The van der Waals surface area contributed by atoms with Gasteiger partial charge in [-0.2, -0.15) is 0 Å². The minimum absolute atomic E-state index is 0.0482. The summed E-state index contributed by atoms with van der Waals surface area (Å²) in [7, 11) is 1.77. The quantitative estimate of drug-likeness (QED) is 0.447. The summed E-state index contributed by atoms with van der Waals surface area (Å²) in [5.74, 6) is -0.682. The zero-order valence-corrected chi connectivity index (χ0v) is 14.2. The number of amides is 3. The molecule has 2 N–H and O–H groups in total. The van der Waals surface area contributed by atoms with Gasteiger partial charge in [0.25, 0.3) is 0 Å². The smallest absolute Gasteiger partial charge is 0.239 e. The van der Waals surface area contributed by atoms with E-state index >= 15 is 0 Å². The number of carbonyl (C=O) groups excluding carboxylic acids is 4. The second-order valence-corrected chi connectivity index (χ2v) is 4.94. The fraction of sp³-hybridized carbons (Fsp3) is 0.733. The minimum Gasteiger partial charge on any atom is -0.353 e. The molecule has 0 aromatic heterocycles. The average Bonchev–Trinajstić information content (AvgIpc) is 2.55. The van der Waals surface area contributed by atoms with Gasteiger partial charge in [-0.1, -0.05) is 13.8 Å². The molecular formula is C15H28N4O4. The van der Waals surface area contributed by atoms with Gasteiger partial charge in [0.2, 0.25) is 17.7 Å². The summed E-state index contributed by atoms with van der Waals surface area (Å²) in [5, 5.41) is 5.56. The van der Waals surface area contributed by atoms with Gasteiger partial charge in [0, 0.05) is 39.0 Å². The number of hydrogen-bond donors (Lipinski definition) is 2. The van der Waals surface area contributed by atoms with Crippen molar-refractivity contribution in [1.82, 2.24) is 20.4 Å². The molecule has 8 nitrogen and oxygen atoms in total. The van der Waals surface area contributed by atoms with E-state index in [2.05, 4.69) is 10.6 Å². The standard InChI is InChI=1S/C15H28N4O4/c1-4-14(22)18(10-11-20)9-7-17-13(21)12-19(8-6-16-3)15(23)5-2/h11,16H,4-10,12H2,1-3H3,(H,17,21)/i11T. The van der Waals surface area contributed by atoms with Crippen LogP contribution in [-0.2, 0) is 19.2 Å². The molecule has 132 valence electrons. The number of likely N-dealkylation sites (N-methyl/N-ethyl adjacent to an activating group) is 1. The molecule has 3 amide bonds. The second-order valence-electron chi connectivity index (χ2n) is 4.94. The molecule has 0 saturated carbocycles. The normalized spacial score (nSPS) is 10.7. The molecule has 0 rings (SSSR count). The van der Waals surface area contributed by atoms with Crippen LogP contribution in [0.4, 0.5) is 0 Å². The maximum atomic E-state index is 11.9. The Kier molecular flexibility index (Phi) is 10.4. The molecule has 0 atom stereocenters. The summed E-state index contributed by atoms with van der Waals surface area (Å²) in [6.45, 7) is 4.41. The van der Waals surface area contributed by atoms with Gasteiger partial charge in [-0.05, 0) is 7.05 Å². The van der Waals surface area contributed by atoms with Crippen molar-refractivity contribution in [3.05, 3.63) is 0 Å². The Hall–Kier alpha value is -1.96. The third-order valence-electron chi connectivity index (χ3n) is 3.24. The average molecular weight is 330 g/mol. The highest BCUT2D eigenvalue weighted by atomic mass is 16.2. The van der Waals surface area contributed by atoms with Gasteiger partial charge in [-0.3, -0.25) is 14.4 Å². The van der Waals surface area contributed by atoms with Crippen LogP contribution in [0.5, 0.6) is 0 Å². The van der Waals surface area contributed by atoms with E-state index < -0.39 is 6.26 Å². The van der Waals surface area contributed by atoms with E-state index in [-0.39, 0.29) is 50.3 Å². The zero-order valence-electron chi connectivity index (χ0n) is 15.2. The largest absolute Gasteiger partial charge is 0.353 e. The summed E-state index contributed by atoms with van der Waals surface area (Å²) < 4.78 is 6.95. The molecule has 0 aromatic rings. The topological polar surface area (TPSA) is 98.8 Å². The summed E-state index contributed by atoms with van der Waals surface area (Å²) in [6, 6.07) is 0. The van der Waals surface area contributed by atoms with Crippen molar-refractivity contribution >= 4 is 24.0 Å². The third kappa shape index (κ3) is 8.92. The van der Waals surface area contributed by atoms with Crippen LogP contribution in [-0.4, -0.2) is 80.1 Å². The van der Waals surface area contributed by atoms with E-state index in [0.29, 0.717) is 19.5 Å². The van der Waals surface area contributed by atoms with Crippen molar-refractivity contribution in [1.29, 1.82) is 0 Å². The highest BCUT2D eigenvalue weighted by Crippen LogP contribution is 1.94. The lowest BCUT2D eigenvalue weighted by Crippen LogP contribution is -2.45. The first-order chi connectivity index (χ1) is 11.3. The lowest BCUT2D eigenvalue weighted by Gasteiger charge is -2.23. The van der Waals surface area contributed by atoms with Gasteiger partial charge in [0.1, 0.15) is 7.63 Å². The first-order valence-electron chi connectivity index (χ1n) is 8.31. The van der Waals surface area contributed by atoms with Gasteiger partial charge in [0.15, 0.2) is 0 Å². The lowest BCUT2D eigenvalue weighted by atomic mass is 10.3. The summed E-state index contributed by atoms with van der Waals surface area (Å²) in [5.41, 5.74) is 0. The maximum absolute atomic E-state index is 11.9. The summed E-state index contributed by atoms with van der Waals surface area (Å²) >= 11 is 0. The van der Waals surface area contributed by atoms with Crippen LogP contribution in [0.1, 0.15) is 28.1 Å². The Morgan fingerprint density at radius 3 is 2.13 bits per heavy atom. The van der Waals surface area contributed by atoms with Crippen LogP contribution in [0, 0.1) is 0 Å². The van der Waals surface area contributed by atoms with E-state index in [9.17, 15) is 19.2 Å². The number of rotatable bonds is 12. The molecular weight excluding hydrogens is 300 g/mol. The first-order valence-corrected chi connectivity index (χ1v) is 7.81. The second kappa shape index (κ2) is 12.6. The van der Waals surface area contributed by atoms with Crippen molar-refractivity contribution < 1.29 is 20.5 Å². The van der Waals surface area contributed by atoms with Crippen LogP contribution < -0.4 is 10.6 Å². The van der Waals surface area contributed by atoms with Gasteiger partial charge >= 0.3 is 0 Å². The molecule has 0 heterocycles. The van der Waals surface area contributed by atoms with Gasteiger partial charge in [-0.15, -0.1) is 0 Å². The number of nitrogens with zero attached hydrogens (tertiary/aromatic N) is 2. The lowest BCUT2D eigenvalue weighted by molar-refractivity contribution is -0.136. The SMILES string of the molecule is [3H]C(=O)CN(CCNC(=O)CN(CCNC)C(=O)CC)C(=O)CC. The van der Waals surface area contributed by atoms with Crippen molar-refractivity contribution in [2.75, 3.05) is 46.3 Å².